The summed E-state index contributed by atoms with van der Waals surface area (Å²) in [6.07, 6.45) is -0.253. The molecule has 0 N–H and O–H groups in total. The summed E-state index contributed by atoms with van der Waals surface area (Å²) in [5, 5.41) is -0.0791. The average Bonchev–Trinajstić information content (AvgIpc) is 3.45. The first-order valence-corrected chi connectivity index (χ1v) is 9.74. The number of amides is 3. The predicted octanol–water partition coefficient (Wildman–Crippen LogP) is 3.25. The number of carbonyl (C=O) groups is 3. The van der Waals surface area contributed by atoms with Crippen LogP contribution in [0.5, 0.6) is 0 Å². The van der Waals surface area contributed by atoms with Crippen LogP contribution in [0.15, 0.2) is 36.4 Å². The number of hydrogen-bond acceptors (Lipinski definition) is 3. The van der Waals surface area contributed by atoms with E-state index in [1.165, 1.54) is 24.3 Å². The zero-order valence-electron chi connectivity index (χ0n) is 15.0. The Bertz CT molecular complexity index is 927. The van der Waals surface area contributed by atoms with E-state index in [4.69, 9.17) is 11.6 Å². The summed E-state index contributed by atoms with van der Waals surface area (Å²) in [6.45, 7) is -0.804. The molecular weight excluding hydrogens is 409 g/mol. The number of imide groups is 1. The van der Waals surface area contributed by atoms with Crippen molar-refractivity contribution in [3.05, 3.63) is 41.4 Å². The fourth-order valence-corrected chi connectivity index (χ4v) is 5.61. The summed E-state index contributed by atoms with van der Waals surface area (Å²) in [6, 6.07) is 5.55. The van der Waals surface area contributed by atoms with Crippen LogP contribution in [0.3, 0.4) is 0 Å². The lowest BCUT2D eigenvalue weighted by Gasteiger charge is -2.37. The number of para-hydroxylation sites is 1. The van der Waals surface area contributed by atoms with E-state index in [1.807, 2.05) is 12.2 Å². The zero-order valence-corrected chi connectivity index (χ0v) is 15.7. The van der Waals surface area contributed by atoms with Crippen LogP contribution in [-0.4, -0.2) is 35.5 Å². The van der Waals surface area contributed by atoms with E-state index in [2.05, 4.69) is 0 Å². The summed E-state index contributed by atoms with van der Waals surface area (Å²) in [5.74, 6) is -3.63. The first-order chi connectivity index (χ1) is 13.7. The van der Waals surface area contributed by atoms with Gasteiger partial charge in [-0.15, -0.1) is 0 Å². The molecule has 0 unspecified atom stereocenters. The van der Waals surface area contributed by atoms with Crippen LogP contribution in [0, 0.1) is 35.5 Å². The third-order valence-corrected chi connectivity index (χ3v) is 6.99. The van der Waals surface area contributed by atoms with Crippen molar-refractivity contribution in [3.8, 4) is 0 Å². The van der Waals surface area contributed by atoms with Gasteiger partial charge in [0, 0.05) is 0 Å². The molecule has 9 heteroatoms. The molecule has 6 rings (SSSR count). The molecule has 3 fully saturated rings. The number of nitrogens with zero attached hydrogens (tertiary/aromatic N) is 2. The SMILES string of the molecule is O=C1[C@@H]2[C@H]3C=C[C@H]([C@H]4C[C@H]34)[C@@H]2C(=O)N1CN(C(=O)C(F)(F)F)c1ccccc1Cl. The van der Waals surface area contributed by atoms with Crippen LogP contribution in [0.2, 0.25) is 5.02 Å². The van der Waals surface area contributed by atoms with Crippen molar-refractivity contribution in [1.29, 1.82) is 0 Å². The van der Waals surface area contributed by atoms with Gasteiger partial charge in [-0.25, -0.2) is 0 Å². The number of rotatable bonds is 3. The van der Waals surface area contributed by atoms with Gasteiger partial charge in [-0.1, -0.05) is 35.9 Å². The van der Waals surface area contributed by atoms with Crippen molar-refractivity contribution < 1.29 is 27.6 Å². The fourth-order valence-electron chi connectivity index (χ4n) is 5.37. The molecule has 0 spiro atoms. The molecule has 1 aromatic carbocycles. The van der Waals surface area contributed by atoms with E-state index in [-0.39, 0.29) is 22.5 Å². The van der Waals surface area contributed by atoms with E-state index in [0.717, 1.165) is 11.3 Å². The smallest absolute Gasteiger partial charge is 0.284 e. The lowest BCUT2D eigenvalue weighted by molar-refractivity contribution is -0.171. The predicted molar refractivity (Wildman–Crippen MR) is 96.4 cm³/mol. The van der Waals surface area contributed by atoms with Crippen molar-refractivity contribution in [2.45, 2.75) is 12.6 Å². The lowest BCUT2D eigenvalue weighted by atomic mass is 9.63. The molecule has 4 aliphatic carbocycles. The number of anilines is 1. The molecule has 3 amide bonds. The Balaban J connectivity index is 1.48. The van der Waals surface area contributed by atoms with Crippen molar-refractivity contribution in [2.75, 3.05) is 11.6 Å². The summed E-state index contributed by atoms with van der Waals surface area (Å²) >= 11 is 6.01. The van der Waals surface area contributed by atoms with Gasteiger partial charge >= 0.3 is 12.1 Å². The summed E-state index contributed by atoms with van der Waals surface area (Å²) < 4.78 is 39.7. The normalized spacial score (nSPS) is 34.3. The Morgan fingerprint density at radius 3 is 2.14 bits per heavy atom. The minimum atomic E-state index is -5.18. The van der Waals surface area contributed by atoms with Gasteiger partial charge in [-0.3, -0.25) is 24.2 Å². The summed E-state index contributed by atoms with van der Waals surface area (Å²) in [7, 11) is 0. The number of carbonyl (C=O) groups excluding carboxylic acids is 3. The summed E-state index contributed by atoms with van der Waals surface area (Å²) in [5.41, 5.74) is -0.198. The topological polar surface area (TPSA) is 57.7 Å². The van der Waals surface area contributed by atoms with Crippen molar-refractivity contribution in [2.24, 2.45) is 35.5 Å². The van der Waals surface area contributed by atoms with Gasteiger partial charge in [0.05, 0.1) is 22.5 Å². The molecule has 2 bridgehead atoms. The maximum atomic E-state index is 13.2. The molecule has 1 saturated heterocycles. The molecule has 6 atom stereocenters. The molecule has 5 nitrogen and oxygen atoms in total. The average molecular weight is 425 g/mol. The summed E-state index contributed by atoms with van der Waals surface area (Å²) in [4.78, 5) is 39.4. The molecule has 29 heavy (non-hydrogen) atoms. The molecule has 0 aromatic heterocycles. The van der Waals surface area contributed by atoms with E-state index in [1.54, 1.807) is 0 Å². The highest BCUT2D eigenvalue weighted by molar-refractivity contribution is 6.33. The molecular formula is C20H16ClF3N2O3. The second kappa shape index (κ2) is 6.08. The standard InChI is InChI=1S/C20H16ClF3N2O3/c21-13-3-1-2-4-14(13)25(19(29)20(22,23)24)8-26-17(27)15-9-5-6-10(12-7-11(9)12)16(15)18(26)28/h1-6,9-12,15-16H,7-8H2/t9-,10+,11-,12-,15+,16-/m1/s1. The highest BCUT2D eigenvalue weighted by Gasteiger charge is 2.67. The van der Waals surface area contributed by atoms with Gasteiger partial charge in [0.25, 0.3) is 0 Å². The van der Waals surface area contributed by atoms with Crippen LogP contribution in [-0.2, 0) is 14.4 Å². The molecule has 1 aromatic rings. The number of halogens is 4. The maximum Gasteiger partial charge on any atom is 0.471 e. The van der Waals surface area contributed by atoms with Gasteiger partial charge in [0.15, 0.2) is 0 Å². The van der Waals surface area contributed by atoms with Crippen molar-refractivity contribution >= 4 is 35.0 Å². The molecule has 0 radical (unpaired) electrons. The van der Waals surface area contributed by atoms with Crippen molar-refractivity contribution in [1.82, 2.24) is 4.90 Å². The second-order valence-electron chi connectivity index (χ2n) is 8.08. The quantitative estimate of drug-likeness (QED) is 0.553. The third-order valence-electron chi connectivity index (χ3n) is 6.67. The highest BCUT2D eigenvalue weighted by atomic mass is 35.5. The molecule has 1 aliphatic heterocycles. The molecule has 1 heterocycles. The number of allylic oxidation sites excluding steroid dienone is 2. The Morgan fingerprint density at radius 1 is 1.07 bits per heavy atom. The Hall–Kier alpha value is -2.35. The van der Waals surface area contributed by atoms with Crippen LogP contribution < -0.4 is 4.90 Å². The third kappa shape index (κ3) is 2.64. The van der Waals surface area contributed by atoms with Crippen LogP contribution in [0.25, 0.3) is 0 Å². The van der Waals surface area contributed by atoms with Crippen LogP contribution in [0.1, 0.15) is 6.42 Å². The lowest BCUT2D eigenvalue weighted by Crippen LogP contribution is -2.49. The molecule has 152 valence electrons. The van der Waals surface area contributed by atoms with E-state index in [0.29, 0.717) is 16.7 Å². The number of alkyl halides is 3. The fraction of sp³-hybridized carbons (Fsp3) is 0.450. The molecule has 2 saturated carbocycles. The van der Waals surface area contributed by atoms with Gasteiger partial charge in [-0.2, -0.15) is 13.2 Å². The number of benzene rings is 1. The monoisotopic (exact) mass is 424 g/mol. The van der Waals surface area contributed by atoms with Crippen LogP contribution >= 0.6 is 11.6 Å². The Kier molecular flexibility index (Phi) is 3.91. The maximum absolute atomic E-state index is 13.2. The van der Waals surface area contributed by atoms with Crippen LogP contribution in [0.4, 0.5) is 18.9 Å². The van der Waals surface area contributed by atoms with Gasteiger partial charge in [-0.05, 0) is 42.2 Å². The minimum Gasteiger partial charge on any atom is -0.284 e. The van der Waals surface area contributed by atoms with E-state index >= 15 is 0 Å². The van der Waals surface area contributed by atoms with E-state index < -0.39 is 42.4 Å². The van der Waals surface area contributed by atoms with E-state index in [9.17, 15) is 27.6 Å². The molecule has 5 aliphatic rings. The first kappa shape index (κ1) is 18.7. The van der Waals surface area contributed by atoms with Gasteiger partial charge in [0.2, 0.25) is 11.8 Å². The number of likely N-dealkylation sites (tertiary alicyclic amines) is 1. The van der Waals surface area contributed by atoms with Crippen molar-refractivity contribution in [3.63, 3.8) is 0 Å². The minimum absolute atomic E-state index is 0.0523. The first-order valence-electron chi connectivity index (χ1n) is 9.37. The van der Waals surface area contributed by atoms with Gasteiger partial charge in [0.1, 0.15) is 6.67 Å². The zero-order chi connectivity index (χ0) is 20.7. The highest BCUT2D eigenvalue weighted by Crippen LogP contribution is 2.65. The number of hydrogen-bond donors (Lipinski definition) is 0. The largest absolute Gasteiger partial charge is 0.471 e. The Labute approximate surface area is 169 Å². The van der Waals surface area contributed by atoms with Gasteiger partial charge < -0.3 is 0 Å². The Morgan fingerprint density at radius 2 is 1.62 bits per heavy atom. The second-order valence-corrected chi connectivity index (χ2v) is 8.49.